The fourth-order valence-corrected chi connectivity index (χ4v) is 5.41. The molecule has 1 atom stereocenters. The average molecular weight is 562 g/mol. The zero-order valence-electron chi connectivity index (χ0n) is 21.4. The van der Waals surface area contributed by atoms with E-state index >= 15 is 0 Å². The maximum absolute atomic E-state index is 13.6. The number of aromatic nitrogens is 2. The lowest BCUT2D eigenvalue weighted by molar-refractivity contribution is -0.124. The minimum absolute atomic E-state index is 0.0411. The molecule has 2 heterocycles. The monoisotopic (exact) mass is 561 g/mol. The number of pyridine rings is 1. The first kappa shape index (κ1) is 26.4. The van der Waals surface area contributed by atoms with Crippen molar-refractivity contribution < 1.29 is 19.1 Å². The van der Waals surface area contributed by atoms with E-state index in [0.29, 0.717) is 43.3 Å². The van der Waals surface area contributed by atoms with Crippen LogP contribution in [-0.4, -0.2) is 34.6 Å². The van der Waals surface area contributed by atoms with E-state index in [1.807, 2.05) is 6.07 Å². The molecule has 5 rings (SSSR count). The van der Waals surface area contributed by atoms with Gasteiger partial charge in [0.05, 0.1) is 17.3 Å². The third kappa shape index (κ3) is 5.10. The standard InChI is InChI=1S/C29H24ClN3O5S/c1-4-22(26(34)32-29-31-21-14-13-18(37-3)15-23(21)39-29)38-28(36)25-24(16-9-11-17(30)12-10-16)19-7-5-6-8-20(19)27(35)33(25)2/h5-15,22H,4H2,1-3H3,(H,31,32,34). The van der Waals surface area contributed by atoms with Gasteiger partial charge in [-0.1, -0.05) is 60.2 Å². The molecular formula is C29H24ClN3O5S. The first-order chi connectivity index (χ1) is 18.8. The molecule has 1 unspecified atom stereocenters. The second kappa shape index (κ2) is 10.9. The number of nitrogens with zero attached hydrogens (tertiary/aromatic N) is 2. The molecule has 10 heteroatoms. The number of halogens is 1. The van der Waals surface area contributed by atoms with Gasteiger partial charge in [0.1, 0.15) is 11.4 Å². The van der Waals surface area contributed by atoms with Gasteiger partial charge in [0.15, 0.2) is 11.2 Å². The van der Waals surface area contributed by atoms with Gasteiger partial charge in [-0.25, -0.2) is 9.78 Å². The number of hydrogen-bond acceptors (Lipinski definition) is 7. The van der Waals surface area contributed by atoms with Crippen molar-refractivity contribution in [3.05, 3.63) is 87.8 Å². The molecule has 39 heavy (non-hydrogen) atoms. The highest BCUT2D eigenvalue weighted by Crippen LogP contribution is 2.33. The third-order valence-corrected chi connectivity index (χ3v) is 7.55. The molecule has 0 aliphatic rings. The first-order valence-corrected chi connectivity index (χ1v) is 13.3. The number of esters is 1. The van der Waals surface area contributed by atoms with Crippen molar-refractivity contribution in [2.45, 2.75) is 19.4 Å². The molecule has 2 aromatic heterocycles. The SMILES string of the molecule is CCC(OC(=O)c1c(-c2ccc(Cl)cc2)c2ccccc2c(=O)n1C)C(=O)Nc1nc2ccc(OC)cc2s1. The highest BCUT2D eigenvalue weighted by atomic mass is 35.5. The van der Waals surface area contributed by atoms with E-state index < -0.39 is 18.0 Å². The average Bonchev–Trinajstić information content (AvgIpc) is 3.35. The third-order valence-electron chi connectivity index (χ3n) is 6.37. The Bertz CT molecular complexity index is 1780. The molecule has 8 nitrogen and oxygen atoms in total. The van der Waals surface area contributed by atoms with Crippen LogP contribution in [0.3, 0.4) is 0 Å². The summed E-state index contributed by atoms with van der Waals surface area (Å²) in [4.78, 5) is 44.4. The van der Waals surface area contributed by atoms with Crippen molar-refractivity contribution in [3.8, 4) is 16.9 Å². The Labute approximate surface area is 232 Å². The molecule has 1 N–H and O–H groups in total. The molecule has 0 bridgehead atoms. The van der Waals surface area contributed by atoms with Gasteiger partial charge in [0, 0.05) is 23.0 Å². The van der Waals surface area contributed by atoms with Crippen molar-refractivity contribution in [1.82, 2.24) is 9.55 Å². The van der Waals surface area contributed by atoms with E-state index in [9.17, 15) is 14.4 Å². The van der Waals surface area contributed by atoms with Crippen molar-refractivity contribution in [3.63, 3.8) is 0 Å². The van der Waals surface area contributed by atoms with E-state index in [4.69, 9.17) is 21.1 Å². The zero-order chi connectivity index (χ0) is 27.7. The summed E-state index contributed by atoms with van der Waals surface area (Å²) in [6.45, 7) is 1.74. The van der Waals surface area contributed by atoms with Gasteiger partial charge in [-0.3, -0.25) is 14.9 Å². The first-order valence-electron chi connectivity index (χ1n) is 12.1. The Morgan fingerprint density at radius 3 is 2.49 bits per heavy atom. The fourth-order valence-electron chi connectivity index (χ4n) is 4.39. The van der Waals surface area contributed by atoms with E-state index in [1.54, 1.807) is 74.7 Å². The van der Waals surface area contributed by atoms with E-state index in [-0.39, 0.29) is 17.7 Å². The van der Waals surface area contributed by atoms with Gasteiger partial charge in [-0.05, 0) is 53.8 Å². The molecule has 0 saturated carbocycles. The number of anilines is 1. The normalized spacial score (nSPS) is 11.9. The van der Waals surface area contributed by atoms with Gasteiger partial charge in [0.25, 0.3) is 11.5 Å². The molecule has 0 saturated heterocycles. The van der Waals surface area contributed by atoms with Gasteiger partial charge in [-0.2, -0.15) is 0 Å². The summed E-state index contributed by atoms with van der Waals surface area (Å²) < 4.78 is 13.1. The molecule has 0 radical (unpaired) electrons. The molecule has 0 aliphatic carbocycles. The summed E-state index contributed by atoms with van der Waals surface area (Å²) in [7, 11) is 3.09. The van der Waals surface area contributed by atoms with Crippen molar-refractivity contribution >= 4 is 60.9 Å². The molecule has 3 aromatic carbocycles. The van der Waals surface area contributed by atoms with Crippen molar-refractivity contribution in [2.75, 3.05) is 12.4 Å². The number of hydrogen-bond donors (Lipinski definition) is 1. The summed E-state index contributed by atoms with van der Waals surface area (Å²) in [5, 5.41) is 4.71. The molecule has 5 aromatic rings. The number of ether oxygens (including phenoxy) is 2. The summed E-state index contributed by atoms with van der Waals surface area (Å²) in [5.41, 5.74) is 1.60. The van der Waals surface area contributed by atoms with Crippen molar-refractivity contribution in [2.24, 2.45) is 7.05 Å². The van der Waals surface area contributed by atoms with E-state index in [1.165, 1.54) is 23.0 Å². The summed E-state index contributed by atoms with van der Waals surface area (Å²) in [6, 6.07) is 19.4. The highest BCUT2D eigenvalue weighted by Gasteiger charge is 2.28. The van der Waals surface area contributed by atoms with Crippen molar-refractivity contribution in [1.29, 1.82) is 0 Å². The Morgan fingerprint density at radius 2 is 1.79 bits per heavy atom. The predicted octanol–water partition coefficient (Wildman–Crippen LogP) is 6.05. The second-order valence-electron chi connectivity index (χ2n) is 8.78. The van der Waals surface area contributed by atoms with Gasteiger partial charge in [-0.15, -0.1) is 0 Å². The number of methoxy groups -OCH3 is 1. The quantitative estimate of drug-likeness (QED) is 0.243. The van der Waals surface area contributed by atoms with Crippen LogP contribution in [-0.2, 0) is 16.6 Å². The van der Waals surface area contributed by atoms with Crippen LogP contribution >= 0.6 is 22.9 Å². The molecule has 198 valence electrons. The molecule has 0 aliphatic heterocycles. The molecular weight excluding hydrogens is 538 g/mol. The number of amides is 1. The number of thiazole rings is 1. The Hall–Kier alpha value is -4.21. The topological polar surface area (TPSA) is 99.5 Å². The smallest absolute Gasteiger partial charge is 0.356 e. The summed E-state index contributed by atoms with van der Waals surface area (Å²) >= 11 is 7.39. The predicted molar refractivity (Wildman–Crippen MR) is 154 cm³/mol. The van der Waals surface area contributed by atoms with Crippen LogP contribution in [0.2, 0.25) is 5.02 Å². The van der Waals surface area contributed by atoms with Crippen LogP contribution in [0, 0.1) is 0 Å². The zero-order valence-corrected chi connectivity index (χ0v) is 22.9. The second-order valence-corrected chi connectivity index (χ2v) is 10.3. The number of carbonyl (C=O) groups excluding carboxylic acids is 2. The van der Waals surface area contributed by atoms with E-state index in [0.717, 1.165) is 4.70 Å². The van der Waals surface area contributed by atoms with Crippen LogP contribution in [0.15, 0.2) is 71.5 Å². The minimum Gasteiger partial charge on any atom is -0.497 e. The van der Waals surface area contributed by atoms with Crippen LogP contribution in [0.4, 0.5) is 5.13 Å². The largest absolute Gasteiger partial charge is 0.497 e. The van der Waals surface area contributed by atoms with E-state index in [2.05, 4.69) is 10.3 Å². The molecule has 0 spiro atoms. The van der Waals surface area contributed by atoms with Crippen LogP contribution < -0.4 is 15.6 Å². The highest BCUT2D eigenvalue weighted by molar-refractivity contribution is 7.22. The fraction of sp³-hybridized carbons (Fsp3) is 0.172. The maximum atomic E-state index is 13.6. The number of rotatable bonds is 7. The summed E-state index contributed by atoms with van der Waals surface area (Å²) in [5.74, 6) is -0.626. The van der Waals surface area contributed by atoms with Gasteiger partial charge in [0.2, 0.25) is 0 Å². The van der Waals surface area contributed by atoms with Gasteiger partial charge < -0.3 is 14.0 Å². The molecule has 0 fully saturated rings. The number of fused-ring (bicyclic) bond motifs is 2. The minimum atomic E-state index is -1.11. The number of nitrogens with one attached hydrogen (secondary N) is 1. The number of carbonyl (C=O) groups is 2. The Balaban J connectivity index is 1.49. The molecule has 1 amide bonds. The van der Waals surface area contributed by atoms with Crippen LogP contribution in [0.25, 0.3) is 32.1 Å². The lowest BCUT2D eigenvalue weighted by Crippen LogP contribution is -2.34. The van der Waals surface area contributed by atoms with Crippen LogP contribution in [0.5, 0.6) is 5.75 Å². The summed E-state index contributed by atoms with van der Waals surface area (Å²) in [6.07, 6.45) is -0.896. The lowest BCUT2D eigenvalue weighted by Gasteiger charge is -2.20. The number of benzene rings is 3. The Kier molecular flexibility index (Phi) is 7.36. The maximum Gasteiger partial charge on any atom is 0.356 e. The van der Waals surface area contributed by atoms with Crippen LogP contribution in [0.1, 0.15) is 23.8 Å². The lowest BCUT2D eigenvalue weighted by atomic mass is 9.96. The Morgan fingerprint density at radius 1 is 1.08 bits per heavy atom. The van der Waals surface area contributed by atoms with Gasteiger partial charge >= 0.3 is 5.97 Å².